The zero-order chi connectivity index (χ0) is 25.2. The predicted octanol–water partition coefficient (Wildman–Crippen LogP) is 5.67. The van der Waals surface area contributed by atoms with E-state index in [2.05, 4.69) is 58.7 Å². The fraction of sp³-hybridized carbons (Fsp3) is 0.481. The minimum absolute atomic E-state index is 0. The molecule has 37 heavy (non-hydrogen) atoms. The lowest BCUT2D eigenvalue weighted by atomic mass is 10.00. The Morgan fingerprint density at radius 2 is 1.65 bits per heavy atom. The number of nitrogens with zero attached hydrogens (tertiary/aromatic N) is 2. The average molecular weight is 573 g/mol. The Bertz CT molecular complexity index is 987. The number of hydrogen-bond acceptors (Lipinski definition) is 3. The van der Waals surface area contributed by atoms with Gasteiger partial charge >= 0.3 is 0 Å². The van der Waals surface area contributed by atoms with Crippen LogP contribution < -0.4 is 16.0 Å². The fourth-order valence-corrected chi connectivity index (χ4v) is 4.83. The summed E-state index contributed by atoms with van der Waals surface area (Å²) in [6.07, 6.45) is 5.72. The van der Waals surface area contributed by atoms with Crippen molar-refractivity contribution in [3.8, 4) is 0 Å². The molecule has 4 rings (SSSR count). The van der Waals surface area contributed by atoms with Gasteiger partial charge in [-0.1, -0.05) is 67.2 Å². The molecule has 7 nitrogen and oxygen atoms in total. The lowest BCUT2D eigenvalue weighted by Gasteiger charge is -2.34. The number of nitrogens with one attached hydrogen (secondary N) is 3. The number of aliphatic imine (C=N–C) groups is 1. The molecule has 0 bridgehead atoms. The van der Waals surface area contributed by atoms with E-state index in [4.69, 9.17) is 23.2 Å². The van der Waals surface area contributed by atoms with Crippen molar-refractivity contribution in [3.05, 3.63) is 57.6 Å². The highest BCUT2D eigenvalue weighted by atomic mass is 35.5. The first-order chi connectivity index (χ1) is 16.9. The molecule has 0 aliphatic carbocycles. The van der Waals surface area contributed by atoms with Crippen LogP contribution in [0.15, 0.2) is 41.4 Å². The number of para-hydroxylation sites is 2. The van der Waals surface area contributed by atoms with Crippen LogP contribution in [-0.2, 0) is 4.79 Å². The molecule has 0 aromatic heterocycles. The first-order valence-corrected chi connectivity index (χ1v) is 13.3. The Hall–Kier alpha value is -2.03. The molecule has 1 atom stereocenters. The van der Waals surface area contributed by atoms with Crippen LogP contribution in [0.3, 0.4) is 0 Å². The monoisotopic (exact) mass is 571 g/mol. The number of hydrogen-bond donors (Lipinski definition) is 3. The van der Waals surface area contributed by atoms with Gasteiger partial charge in [0, 0.05) is 18.8 Å². The summed E-state index contributed by atoms with van der Waals surface area (Å²) < 4.78 is 0. The maximum atomic E-state index is 12.7. The summed E-state index contributed by atoms with van der Waals surface area (Å²) >= 11 is 11.9. The lowest BCUT2D eigenvalue weighted by Crippen LogP contribution is -2.47. The van der Waals surface area contributed by atoms with Crippen LogP contribution in [0.4, 0.5) is 11.4 Å². The SMILES string of the molecule is CCCCN1CCCCC1C(=O)Nc1c(C)cccc1C.Cl.Clc1cccc(Cl)c1N=C1NCCN1.O. The number of amides is 1. The summed E-state index contributed by atoms with van der Waals surface area (Å²) in [5, 5.41) is 10.4. The van der Waals surface area contributed by atoms with Crippen LogP contribution in [0.2, 0.25) is 10.0 Å². The Kier molecular flexibility index (Phi) is 14.9. The van der Waals surface area contributed by atoms with Crippen LogP contribution in [0.1, 0.15) is 50.2 Å². The number of carbonyl (C=O) groups excluding carboxylic acids is 1. The van der Waals surface area contributed by atoms with Crippen molar-refractivity contribution in [1.82, 2.24) is 15.5 Å². The molecule has 206 valence electrons. The summed E-state index contributed by atoms with van der Waals surface area (Å²) in [4.78, 5) is 19.4. The Balaban J connectivity index is 0.000000375. The maximum Gasteiger partial charge on any atom is 0.241 e. The number of halogens is 3. The van der Waals surface area contributed by atoms with Gasteiger partial charge in [0.1, 0.15) is 5.69 Å². The van der Waals surface area contributed by atoms with Gasteiger partial charge in [-0.3, -0.25) is 9.69 Å². The van der Waals surface area contributed by atoms with Gasteiger partial charge in [0.05, 0.1) is 16.1 Å². The van der Waals surface area contributed by atoms with Crippen molar-refractivity contribution < 1.29 is 10.3 Å². The molecule has 0 saturated carbocycles. The van der Waals surface area contributed by atoms with Crippen LogP contribution in [-0.4, -0.2) is 54.5 Å². The molecule has 5 N–H and O–H groups in total. The van der Waals surface area contributed by atoms with Crippen molar-refractivity contribution in [1.29, 1.82) is 0 Å². The quantitative estimate of drug-likeness (QED) is 0.415. The Labute approximate surface area is 237 Å². The second kappa shape index (κ2) is 16.7. The minimum atomic E-state index is 0. The van der Waals surface area contributed by atoms with Gasteiger partial charge in [0.2, 0.25) is 5.91 Å². The van der Waals surface area contributed by atoms with Crippen LogP contribution >= 0.6 is 35.6 Å². The number of benzene rings is 2. The molecule has 0 spiro atoms. The Morgan fingerprint density at radius 1 is 1.05 bits per heavy atom. The number of piperidine rings is 1. The molecule has 2 saturated heterocycles. The van der Waals surface area contributed by atoms with Crippen LogP contribution in [0, 0.1) is 13.8 Å². The van der Waals surface area contributed by atoms with E-state index in [1.54, 1.807) is 18.2 Å². The second-order valence-electron chi connectivity index (χ2n) is 9.04. The topological polar surface area (TPSA) is 100 Å². The number of carbonyl (C=O) groups is 1. The van der Waals surface area contributed by atoms with Crippen molar-refractivity contribution >= 4 is 58.9 Å². The van der Waals surface area contributed by atoms with E-state index in [9.17, 15) is 4.79 Å². The zero-order valence-corrected chi connectivity index (χ0v) is 24.2. The first kappa shape index (κ1) is 33.0. The van der Waals surface area contributed by atoms with Crippen LogP contribution in [0.5, 0.6) is 0 Å². The molecular formula is C27H40Cl3N5O2. The molecule has 2 heterocycles. The fourth-order valence-electron chi connectivity index (χ4n) is 4.35. The van der Waals surface area contributed by atoms with E-state index in [1.165, 1.54) is 19.3 Å². The minimum Gasteiger partial charge on any atom is -0.412 e. The van der Waals surface area contributed by atoms with Crippen molar-refractivity contribution in [2.75, 3.05) is 31.5 Å². The number of unbranched alkanes of at least 4 members (excludes halogenated alkanes) is 1. The average Bonchev–Trinajstić information content (AvgIpc) is 3.36. The summed E-state index contributed by atoms with van der Waals surface area (Å²) in [6.45, 7) is 10.2. The number of anilines is 1. The summed E-state index contributed by atoms with van der Waals surface area (Å²) in [6, 6.07) is 11.5. The van der Waals surface area contributed by atoms with Crippen molar-refractivity contribution in [2.45, 2.75) is 58.9 Å². The van der Waals surface area contributed by atoms with Gasteiger partial charge in [0.25, 0.3) is 0 Å². The molecular weight excluding hydrogens is 533 g/mol. The number of rotatable bonds is 6. The zero-order valence-electron chi connectivity index (χ0n) is 21.9. The van der Waals surface area contributed by atoms with Gasteiger partial charge in [-0.05, 0) is 69.5 Å². The van der Waals surface area contributed by atoms with E-state index in [1.807, 2.05) is 6.07 Å². The van der Waals surface area contributed by atoms with Crippen LogP contribution in [0.25, 0.3) is 0 Å². The lowest BCUT2D eigenvalue weighted by molar-refractivity contribution is -0.122. The summed E-state index contributed by atoms with van der Waals surface area (Å²) in [5.41, 5.74) is 3.87. The van der Waals surface area contributed by atoms with Gasteiger partial charge in [-0.2, -0.15) is 0 Å². The highest BCUT2D eigenvalue weighted by Gasteiger charge is 2.28. The standard InChI is InChI=1S/C18H28N2O.C9H9Cl2N3.ClH.H2O/c1-4-5-12-20-13-7-6-11-16(20)18(21)19-17-14(2)9-8-10-15(17)3;10-6-2-1-3-7(11)8(6)14-9-12-4-5-13-9;;/h8-10,16H,4-7,11-13H2,1-3H3,(H,19,21);1-3H,4-5H2,(H2,12,13,14);1H;1H2. The van der Waals surface area contributed by atoms with E-state index in [0.717, 1.165) is 61.8 Å². The smallest absolute Gasteiger partial charge is 0.241 e. The van der Waals surface area contributed by atoms with Gasteiger partial charge in [-0.15, -0.1) is 12.4 Å². The number of guanidine groups is 1. The maximum absolute atomic E-state index is 12.7. The van der Waals surface area contributed by atoms with E-state index in [0.29, 0.717) is 15.7 Å². The largest absolute Gasteiger partial charge is 0.412 e. The molecule has 2 aliphatic heterocycles. The molecule has 2 aromatic carbocycles. The van der Waals surface area contributed by atoms with Gasteiger partial charge in [-0.25, -0.2) is 4.99 Å². The molecule has 1 amide bonds. The third-order valence-corrected chi connectivity index (χ3v) is 6.93. The highest BCUT2D eigenvalue weighted by molar-refractivity contribution is 6.38. The Morgan fingerprint density at radius 3 is 2.24 bits per heavy atom. The molecule has 2 aliphatic rings. The molecule has 2 fully saturated rings. The molecule has 0 radical (unpaired) electrons. The second-order valence-corrected chi connectivity index (χ2v) is 9.86. The van der Waals surface area contributed by atoms with E-state index in [-0.39, 0.29) is 29.8 Å². The van der Waals surface area contributed by atoms with Crippen molar-refractivity contribution in [3.63, 3.8) is 0 Å². The van der Waals surface area contributed by atoms with Gasteiger partial charge < -0.3 is 21.4 Å². The van der Waals surface area contributed by atoms with E-state index >= 15 is 0 Å². The van der Waals surface area contributed by atoms with E-state index < -0.39 is 0 Å². The summed E-state index contributed by atoms with van der Waals surface area (Å²) in [7, 11) is 0. The molecule has 2 aromatic rings. The number of aryl methyl sites for hydroxylation is 2. The number of likely N-dealkylation sites (tertiary alicyclic amines) is 1. The highest BCUT2D eigenvalue weighted by Crippen LogP contribution is 2.32. The third kappa shape index (κ3) is 9.65. The first-order valence-electron chi connectivity index (χ1n) is 12.5. The summed E-state index contributed by atoms with van der Waals surface area (Å²) in [5.74, 6) is 0.892. The molecule has 10 heteroatoms. The normalized spacial score (nSPS) is 16.7. The van der Waals surface area contributed by atoms with Gasteiger partial charge in [0.15, 0.2) is 5.96 Å². The van der Waals surface area contributed by atoms with Crippen molar-refractivity contribution in [2.24, 2.45) is 4.99 Å². The predicted molar refractivity (Wildman–Crippen MR) is 159 cm³/mol. The molecule has 1 unspecified atom stereocenters. The third-order valence-electron chi connectivity index (χ3n) is 6.32.